The Bertz CT molecular complexity index is 991. The van der Waals surface area contributed by atoms with Gasteiger partial charge in [-0.2, -0.15) is 5.10 Å². The van der Waals surface area contributed by atoms with E-state index in [0.29, 0.717) is 17.9 Å². The molecular weight excluding hydrogens is 348 g/mol. The van der Waals surface area contributed by atoms with E-state index < -0.39 is 0 Å². The fourth-order valence-corrected chi connectivity index (χ4v) is 3.26. The summed E-state index contributed by atoms with van der Waals surface area (Å²) in [5, 5.41) is 7.22. The maximum Gasteiger partial charge on any atom is 0.225 e. The number of hydrogen-bond acceptors (Lipinski definition) is 3. The van der Waals surface area contributed by atoms with Crippen molar-refractivity contribution in [2.45, 2.75) is 12.3 Å². The highest BCUT2D eigenvalue weighted by atomic mass is 16.1. The fraction of sp³-hybridized carbons (Fsp3) is 0.0870. The molecule has 0 spiro atoms. The van der Waals surface area contributed by atoms with Crippen molar-refractivity contribution in [2.24, 2.45) is 0 Å². The van der Waals surface area contributed by atoms with Gasteiger partial charge < -0.3 is 5.32 Å². The van der Waals surface area contributed by atoms with Crippen molar-refractivity contribution in [1.82, 2.24) is 14.8 Å². The Morgan fingerprint density at radius 2 is 1.54 bits per heavy atom. The van der Waals surface area contributed by atoms with Crippen LogP contribution in [0.1, 0.15) is 23.5 Å². The zero-order chi connectivity index (χ0) is 19.2. The molecule has 0 bridgehead atoms. The minimum atomic E-state index is -0.0703. The molecule has 2 aromatic carbocycles. The van der Waals surface area contributed by atoms with Crippen LogP contribution in [-0.4, -0.2) is 20.7 Å². The van der Waals surface area contributed by atoms with Crippen molar-refractivity contribution in [3.8, 4) is 5.82 Å². The molecule has 0 saturated heterocycles. The Kier molecular flexibility index (Phi) is 5.24. The van der Waals surface area contributed by atoms with E-state index in [1.807, 2.05) is 48.5 Å². The van der Waals surface area contributed by atoms with E-state index in [0.717, 1.165) is 11.1 Å². The van der Waals surface area contributed by atoms with Crippen LogP contribution in [0, 0.1) is 0 Å². The number of aromatic nitrogens is 3. The minimum Gasteiger partial charge on any atom is -0.323 e. The fourth-order valence-electron chi connectivity index (χ4n) is 3.26. The van der Waals surface area contributed by atoms with Crippen molar-refractivity contribution in [1.29, 1.82) is 0 Å². The third-order valence-electron chi connectivity index (χ3n) is 4.58. The van der Waals surface area contributed by atoms with Gasteiger partial charge in [0, 0.05) is 30.9 Å². The molecule has 4 rings (SSSR count). The summed E-state index contributed by atoms with van der Waals surface area (Å²) in [4.78, 5) is 17.3. The summed E-state index contributed by atoms with van der Waals surface area (Å²) >= 11 is 0. The van der Waals surface area contributed by atoms with Gasteiger partial charge in [-0.1, -0.05) is 60.7 Å². The second-order valence-corrected chi connectivity index (χ2v) is 6.45. The van der Waals surface area contributed by atoms with Crippen LogP contribution in [0.15, 0.2) is 97.5 Å². The van der Waals surface area contributed by atoms with E-state index in [9.17, 15) is 4.79 Å². The number of hydrogen-bond donors (Lipinski definition) is 1. The molecule has 5 nitrogen and oxygen atoms in total. The molecule has 0 radical (unpaired) electrons. The highest BCUT2D eigenvalue weighted by Gasteiger charge is 2.19. The number of anilines is 1. The topological polar surface area (TPSA) is 59.8 Å². The van der Waals surface area contributed by atoms with Crippen LogP contribution in [0.5, 0.6) is 0 Å². The van der Waals surface area contributed by atoms with E-state index in [1.165, 1.54) is 0 Å². The number of benzene rings is 2. The molecule has 1 amide bonds. The molecule has 0 fully saturated rings. The standard InChI is InChI=1S/C23H20N4O/c28-22(26-21-13-7-14-24-23(21)27-16-8-15-25-27)17-20(18-9-3-1-4-10-18)19-11-5-2-6-12-19/h1-16,20H,17H2,(H,26,28). The van der Waals surface area contributed by atoms with Gasteiger partial charge in [-0.25, -0.2) is 9.67 Å². The molecule has 4 aromatic rings. The molecule has 0 saturated carbocycles. The van der Waals surface area contributed by atoms with Crippen molar-refractivity contribution < 1.29 is 4.79 Å². The average molecular weight is 368 g/mol. The van der Waals surface area contributed by atoms with Gasteiger partial charge in [0.15, 0.2) is 5.82 Å². The lowest BCUT2D eigenvalue weighted by atomic mass is 9.88. The Hall–Kier alpha value is -3.73. The first kappa shape index (κ1) is 17.7. The maximum atomic E-state index is 12.9. The summed E-state index contributed by atoms with van der Waals surface area (Å²) in [5.41, 5.74) is 2.86. The van der Waals surface area contributed by atoms with Gasteiger partial charge in [-0.05, 0) is 29.3 Å². The van der Waals surface area contributed by atoms with E-state index in [2.05, 4.69) is 39.7 Å². The molecule has 5 heteroatoms. The summed E-state index contributed by atoms with van der Waals surface area (Å²) in [5.74, 6) is 0.503. The number of amides is 1. The van der Waals surface area contributed by atoms with Crippen LogP contribution in [0.4, 0.5) is 5.69 Å². The zero-order valence-corrected chi connectivity index (χ0v) is 15.3. The van der Waals surface area contributed by atoms with Gasteiger partial charge in [0.1, 0.15) is 0 Å². The van der Waals surface area contributed by atoms with E-state index in [4.69, 9.17) is 0 Å². The molecule has 0 unspecified atom stereocenters. The van der Waals surface area contributed by atoms with Crippen LogP contribution < -0.4 is 5.32 Å². The van der Waals surface area contributed by atoms with Gasteiger partial charge in [0.2, 0.25) is 5.91 Å². The van der Waals surface area contributed by atoms with E-state index >= 15 is 0 Å². The van der Waals surface area contributed by atoms with Crippen molar-refractivity contribution in [3.05, 3.63) is 109 Å². The van der Waals surface area contributed by atoms with Crippen LogP contribution in [-0.2, 0) is 4.79 Å². The van der Waals surface area contributed by atoms with Crippen LogP contribution in [0.25, 0.3) is 5.82 Å². The molecule has 2 aromatic heterocycles. The summed E-state index contributed by atoms with van der Waals surface area (Å²) in [6.45, 7) is 0. The van der Waals surface area contributed by atoms with Crippen molar-refractivity contribution in [3.63, 3.8) is 0 Å². The lowest BCUT2D eigenvalue weighted by Gasteiger charge is -2.18. The first-order valence-corrected chi connectivity index (χ1v) is 9.16. The maximum absolute atomic E-state index is 12.9. The number of carbonyl (C=O) groups excluding carboxylic acids is 1. The highest BCUT2D eigenvalue weighted by molar-refractivity contribution is 5.93. The summed E-state index contributed by atoms with van der Waals surface area (Å²) in [7, 11) is 0. The molecule has 0 aliphatic rings. The molecular formula is C23H20N4O. The Balaban J connectivity index is 1.58. The van der Waals surface area contributed by atoms with Crippen LogP contribution in [0.3, 0.4) is 0 Å². The number of pyridine rings is 1. The second-order valence-electron chi connectivity index (χ2n) is 6.45. The largest absolute Gasteiger partial charge is 0.323 e. The Morgan fingerprint density at radius 3 is 2.14 bits per heavy atom. The average Bonchev–Trinajstić information content (AvgIpc) is 3.28. The first-order valence-electron chi connectivity index (χ1n) is 9.16. The third-order valence-corrected chi connectivity index (χ3v) is 4.58. The Morgan fingerprint density at radius 1 is 0.857 bits per heavy atom. The van der Waals surface area contributed by atoms with Gasteiger partial charge >= 0.3 is 0 Å². The molecule has 0 aliphatic carbocycles. The molecule has 1 N–H and O–H groups in total. The highest BCUT2D eigenvalue weighted by Crippen LogP contribution is 2.28. The normalized spacial score (nSPS) is 10.8. The first-order chi connectivity index (χ1) is 13.8. The Labute approximate surface area is 163 Å². The smallest absolute Gasteiger partial charge is 0.225 e. The van der Waals surface area contributed by atoms with Gasteiger partial charge in [0.05, 0.1) is 5.69 Å². The van der Waals surface area contributed by atoms with Gasteiger partial charge in [0.25, 0.3) is 0 Å². The summed E-state index contributed by atoms with van der Waals surface area (Å²) < 4.78 is 1.64. The van der Waals surface area contributed by atoms with E-state index in [-0.39, 0.29) is 11.8 Å². The van der Waals surface area contributed by atoms with E-state index in [1.54, 1.807) is 29.3 Å². The predicted octanol–water partition coefficient (Wildman–Crippen LogP) is 4.43. The van der Waals surface area contributed by atoms with Crippen LogP contribution in [0.2, 0.25) is 0 Å². The molecule has 2 heterocycles. The molecule has 28 heavy (non-hydrogen) atoms. The van der Waals surface area contributed by atoms with Crippen molar-refractivity contribution >= 4 is 11.6 Å². The van der Waals surface area contributed by atoms with Gasteiger partial charge in [-0.3, -0.25) is 4.79 Å². The van der Waals surface area contributed by atoms with Crippen molar-refractivity contribution in [2.75, 3.05) is 5.32 Å². The SMILES string of the molecule is O=C(CC(c1ccccc1)c1ccccc1)Nc1cccnc1-n1cccn1. The second kappa shape index (κ2) is 8.31. The number of rotatable bonds is 6. The summed E-state index contributed by atoms with van der Waals surface area (Å²) in [6, 6.07) is 25.7. The third kappa shape index (κ3) is 3.99. The quantitative estimate of drug-likeness (QED) is 0.548. The predicted molar refractivity (Wildman–Crippen MR) is 109 cm³/mol. The molecule has 0 atom stereocenters. The van der Waals surface area contributed by atoms with Gasteiger partial charge in [-0.15, -0.1) is 0 Å². The number of nitrogens with one attached hydrogen (secondary N) is 1. The lowest BCUT2D eigenvalue weighted by Crippen LogP contribution is -2.18. The number of carbonyl (C=O) groups is 1. The monoisotopic (exact) mass is 368 g/mol. The number of nitrogens with zero attached hydrogens (tertiary/aromatic N) is 3. The lowest BCUT2D eigenvalue weighted by molar-refractivity contribution is -0.116. The molecule has 0 aliphatic heterocycles. The molecule has 138 valence electrons. The summed E-state index contributed by atoms with van der Waals surface area (Å²) in [6.07, 6.45) is 5.50. The zero-order valence-electron chi connectivity index (χ0n) is 15.3. The minimum absolute atomic E-state index is 0.0211. The van der Waals surface area contributed by atoms with Crippen LogP contribution >= 0.6 is 0 Å².